The summed E-state index contributed by atoms with van der Waals surface area (Å²) in [5, 5.41) is 2.74. The molecule has 0 aliphatic carbocycles. The zero-order valence-electron chi connectivity index (χ0n) is 13.2. The molecule has 1 N–H and O–H groups in total. The number of amides is 1. The van der Waals surface area contributed by atoms with Crippen LogP contribution < -0.4 is 5.32 Å². The minimum atomic E-state index is 0.190. The summed E-state index contributed by atoms with van der Waals surface area (Å²) in [6.07, 6.45) is 8.36. The number of piperidine rings is 2. The van der Waals surface area contributed by atoms with E-state index < -0.39 is 0 Å². The van der Waals surface area contributed by atoms with Crippen LogP contribution in [0.5, 0.6) is 0 Å². The Labute approximate surface area is 123 Å². The molecule has 0 aromatic carbocycles. The molecule has 2 rings (SSSR count). The summed E-state index contributed by atoms with van der Waals surface area (Å²) in [5.41, 5.74) is 0. The number of hydrogen-bond acceptors (Lipinski definition) is 3. The van der Waals surface area contributed by atoms with Gasteiger partial charge in [-0.05, 0) is 64.7 Å². The molecule has 4 heteroatoms. The van der Waals surface area contributed by atoms with Crippen LogP contribution in [0.15, 0.2) is 0 Å². The van der Waals surface area contributed by atoms with E-state index in [-0.39, 0.29) is 5.91 Å². The third-order valence-corrected chi connectivity index (χ3v) is 5.06. The van der Waals surface area contributed by atoms with E-state index in [0.717, 1.165) is 12.3 Å². The van der Waals surface area contributed by atoms with Gasteiger partial charge in [-0.15, -0.1) is 0 Å². The maximum Gasteiger partial charge on any atom is 0.219 e. The van der Waals surface area contributed by atoms with Gasteiger partial charge >= 0.3 is 0 Å². The van der Waals surface area contributed by atoms with Crippen LogP contribution >= 0.6 is 0 Å². The molecule has 0 radical (unpaired) electrons. The fraction of sp³-hybridized carbons (Fsp3) is 0.938. The van der Waals surface area contributed by atoms with Crippen LogP contribution in [0.1, 0.15) is 44.9 Å². The third-order valence-electron chi connectivity index (χ3n) is 5.06. The quantitative estimate of drug-likeness (QED) is 0.833. The minimum absolute atomic E-state index is 0.190. The van der Waals surface area contributed by atoms with Gasteiger partial charge in [0.2, 0.25) is 5.91 Å². The van der Waals surface area contributed by atoms with Crippen molar-refractivity contribution in [2.24, 2.45) is 5.92 Å². The van der Waals surface area contributed by atoms with E-state index in [1.807, 2.05) is 0 Å². The average Bonchev–Trinajstić information content (AvgIpc) is 2.48. The van der Waals surface area contributed by atoms with Crippen molar-refractivity contribution in [3.8, 4) is 0 Å². The monoisotopic (exact) mass is 281 g/mol. The van der Waals surface area contributed by atoms with Crippen LogP contribution in [0, 0.1) is 5.92 Å². The van der Waals surface area contributed by atoms with Gasteiger partial charge in [-0.2, -0.15) is 0 Å². The van der Waals surface area contributed by atoms with Crippen LogP contribution in [-0.4, -0.2) is 62.0 Å². The summed E-state index contributed by atoms with van der Waals surface area (Å²) in [4.78, 5) is 16.6. The molecule has 2 aliphatic heterocycles. The fourth-order valence-electron chi connectivity index (χ4n) is 3.63. The first-order valence-electron chi connectivity index (χ1n) is 8.32. The van der Waals surface area contributed by atoms with Gasteiger partial charge in [0.15, 0.2) is 0 Å². The minimum Gasteiger partial charge on any atom is -0.359 e. The molecular formula is C16H31N3O. The first-order valence-corrected chi connectivity index (χ1v) is 8.32. The van der Waals surface area contributed by atoms with Crippen molar-refractivity contribution in [2.45, 2.75) is 51.0 Å². The highest BCUT2D eigenvalue weighted by molar-refractivity contribution is 5.75. The van der Waals surface area contributed by atoms with Crippen LogP contribution in [0.4, 0.5) is 0 Å². The van der Waals surface area contributed by atoms with Crippen molar-refractivity contribution < 1.29 is 4.79 Å². The second-order valence-electron chi connectivity index (χ2n) is 6.60. The Bertz CT molecular complexity index is 300. The second kappa shape index (κ2) is 7.99. The molecule has 0 bridgehead atoms. The number of nitrogens with one attached hydrogen (secondary N) is 1. The molecule has 2 fully saturated rings. The number of rotatable bonds is 5. The van der Waals surface area contributed by atoms with Crippen LogP contribution in [-0.2, 0) is 4.79 Å². The highest BCUT2D eigenvalue weighted by atomic mass is 16.1. The Morgan fingerprint density at radius 1 is 1.15 bits per heavy atom. The molecule has 2 aliphatic rings. The molecule has 116 valence electrons. The molecule has 2 heterocycles. The van der Waals surface area contributed by atoms with Gasteiger partial charge in [0.05, 0.1) is 0 Å². The summed E-state index contributed by atoms with van der Waals surface area (Å²) < 4.78 is 0. The lowest BCUT2D eigenvalue weighted by Crippen LogP contribution is -2.44. The lowest BCUT2D eigenvalue weighted by molar-refractivity contribution is -0.121. The molecule has 0 aromatic heterocycles. The number of likely N-dealkylation sites (tertiary alicyclic amines) is 2. The van der Waals surface area contributed by atoms with E-state index in [1.165, 1.54) is 58.3 Å². The smallest absolute Gasteiger partial charge is 0.219 e. The first-order chi connectivity index (χ1) is 9.69. The van der Waals surface area contributed by atoms with Crippen LogP contribution in [0.25, 0.3) is 0 Å². The largest absolute Gasteiger partial charge is 0.359 e. The Morgan fingerprint density at radius 3 is 2.60 bits per heavy atom. The molecular weight excluding hydrogens is 250 g/mol. The summed E-state index contributed by atoms with van der Waals surface area (Å²) >= 11 is 0. The van der Waals surface area contributed by atoms with E-state index >= 15 is 0 Å². The van der Waals surface area contributed by atoms with Gasteiger partial charge in [-0.3, -0.25) is 4.79 Å². The number of carbonyl (C=O) groups excluding carboxylic acids is 1. The van der Waals surface area contributed by atoms with Crippen molar-refractivity contribution in [2.75, 3.05) is 40.3 Å². The molecule has 4 nitrogen and oxygen atoms in total. The van der Waals surface area contributed by atoms with Gasteiger partial charge in [0.1, 0.15) is 0 Å². The summed E-state index contributed by atoms with van der Waals surface area (Å²) in [7, 11) is 3.96. The van der Waals surface area contributed by atoms with Crippen LogP contribution in [0.2, 0.25) is 0 Å². The third kappa shape index (κ3) is 4.74. The van der Waals surface area contributed by atoms with Crippen molar-refractivity contribution in [1.29, 1.82) is 0 Å². The maximum absolute atomic E-state index is 11.5. The molecule has 0 saturated carbocycles. The zero-order chi connectivity index (χ0) is 14.4. The number of hydrogen-bond donors (Lipinski definition) is 1. The Balaban J connectivity index is 1.78. The van der Waals surface area contributed by atoms with Gasteiger partial charge in [-0.1, -0.05) is 6.42 Å². The molecule has 0 aromatic rings. The van der Waals surface area contributed by atoms with E-state index in [9.17, 15) is 4.79 Å². The molecule has 0 unspecified atom stereocenters. The highest BCUT2D eigenvalue weighted by Crippen LogP contribution is 2.25. The SMILES string of the molecule is CNC(=O)CC[C@@H]1CCCCN1CC1CCN(C)CC1. The van der Waals surface area contributed by atoms with E-state index in [0.29, 0.717) is 12.5 Å². The zero-order valence-corrected chi connectivity index (χ0v) is 13.2. The Hall–Kier alpha value is -0.610. The fourth-order valence-corrected chi connectivity index (χ4v) is 3.63. The van der Waals surface area contributed by atoms with E-state index in [1.54, 1.807) is 7.05 Å². The molecule has 1 amide bonds. The molecule has 1 atom stereocenters. The molecule has 0 spiro atoms. The summed E-state index contributed by atoms with van der Waals surface area (Å²) in [6.45, 7) is 5.00. The Morgan fingerprint density at radius 2 is 1.90 bits per heavy atom. The normalized spacial score (nSPS) is 26.6. The molecule has 2 saturated heterocycles. The predicted octanol–water partition coefficient (Wildman–Crippen LogP) is 1.71. The van der Waals surface area contributed by atoms with Crippen molar-refractivity contribution in [3.05, 3.63) is 0 Å². The predicted molar refractivity (Wildman–Crippen MR) is 82.7 cm³/mol. The average molecular weight is 281 g/mol. The first kappa shape index (κ1) is 15.8. The second-order valence-corrected chi connectivity index (χ2v) is 6.60. The Kier molecular flexibility index (Phi) is 6.30. The number of carbonyl (C=O) groups is 1. The van der Waals surface area contributed by atoms with Gasteiger partial charge in [0.25, 0.3) is 0 Å². The van der Waals surface area contributed by atoms with Crippen molar-refractivity contribution in [1.82, 2.24) is 15.1 Å². The maximum atomic E-state index is 11.5. The number of nitrogens with zero attached hydrogens (tertiary/aromatic N) is 2. The van der Waals surface area contributed by atoms with E-state index in [4.69, 9.17) is 0 Å². The lowest BCUT2D eigenvalue weighted by Gasteiger charge is -2.39. The highest BCUT2D eigenvalue weighted by Gasteiger charge is 2.26. The van der Waals surface area contributed by atoms with E-state index in [2.05, 4.69) is 22.2 Å². The molecule has 20 heavy (non-hydrogen) atoms. The lowest BCUT2D eigenvalue weighted by atomic mass is 9.92. The summed E-state index contributed by atoms with van der Waals surface area (Å²) in [6, 6.07) is 0.640. The van der Waals surface area contributed by atoms with Gasteiger partial charge in [-0.25, -0.2) is 0 Å². The van der Waals surface area contributed by atoms with Gasteiger partial charge < -0.3 is 15.1 Å². The topological polar surface area (TPSA) is 35.6 Å². The van der Waals surface area contributed by atoms with Crippen LogP contribution in [0.3, 0.4) is 0 Å². The van der Waals surface area contributed by atoms with Crippen molar-refractivity contribution >= 4 is 5.91 Å². The standard InChI is InChI=1S/C16H31N3O/c1-17-16(20)7-6-15-5-3-4-10-19(15)13-14-8-11-18(2)12-9-14/h14-15H,3-13H2,1-2H3,(H,17,20)/t15-/m0/s1. The van der Waals surface area contributed by atoms with Gasteiger partial charge in [0, 0.05) is 26.1 Å². The summed E-state index contributed by atoms with van der Waals surface area (Å²) in [5.74, 6) is 1.06. The van der Waals surface area contributed by atoms with Crippen molar-refractivity contribution in [3.63, 3.8) is 0 Å².